The first-order valence-electron chi connectivity index (χ1n) is 9.31. The van der Waals surface area contributed by atoms with Gasteiger partial charge in [-0.15, -0.1) is 0 Å². The fraction of sp³-hybridized carbons (Fsp3) is 0.318. The van der Waals surface area contributed by atoms with Crippen molar-refractivity contribution in [1.82, 2.24) is 0 Å². The van der Waals surface area contributed by atoms with Crippen molar-refractivity contribution in [3.8, 4) is 0 Å². The van der Waals surface area contributed by atoms with Crippen molar-refractivity contribution in [2.24, 2.45) is 5.10 Å². The summed E-state index contributed by atoms with van der Waals surface area (Å²) < 4.78 is 6.06. The predicted molar refractivity (Wildman–Crippen MR) is 113 cm³/mol. The van der Waals surface area contributed by atoms with Crippen molar-refractivity contribution in [3.05, 3.63) is 64.6 Å². The summed E-state index contributed by atoms with van der Waals surface area (Å²) in [7, 11) is 0. The molecular weight excluding hydrogens is 420 g/mol. The van der Waals surface area contributed by atoms with Crippen molar-refractivity contribution in [2.45, 2.75) is 38.6 Å². The van der Waals surface area contributed by atoms with Crippen molar-refractivity contribution < 1.29 is 14.3 Å². The molecule has 3 rings (SSSR count). The Morgan fingerprint density at radius 3 is 2.43 bits per heavy atom. The molecule has 2 aromatic rings. The first-order valence-corrected chi connectivity index (χ1v) is 10.1. The van der Waals surface area contributed by atoms with E-state index >= 15 is 0 Å². The van der Waals surface area contributed by atoms with Gasteiger partial charge in [-0.05, 0) is 50.1 Å². The molecule has 1 aliphatic heterocycles. The summed E-state index contributed by atoms with van der Waals surface area (Å²) in [6.45, 7) is 3.68. The maximum absolute atomic E-state index is 12.9. The number of nitrogens with zero attached hydrogens (tertiary/aromatic N) is 2. The SMILES string of the molecule is CCOC(=O)CCC1(C(C)=O)CC(c2ccc(Br)cc2)=NN1c1ccccc1. The number of hydrazone groups is 1. The molecule has 0 amide bonds. The van der Waals surface area contributed by atoms with E-state index in [0.29, 0.717) is 19.4 Å². The summed E-state index contributed by atoms with van der Waals surface area (Å²) in [5, 5.41) is 6.60. The molecule has 0 aliphatic carbocycles. The first kappa shape index (κ1) is 20.3. The first-order chi connectivity index (χ1) is 13.5. The number of carbonyl (C=O) groups is 2. The molecule has 0 aromatic heterocycles. The van der Waals surface area contributed by atoms with Crippen molar-refractivity contribution >= 4 is 39.1 Å². The molecule has 1 heterocycles. The largest absolute Gasteiger partial charge is 0.466 e. The van der Waals surface area contributed by atoms with E-state index in [9.17, 15) is 9.59 Å². The second-order valence-corrected chi connectivity index (χ2v) is 7.69. The molecule has 146 valence electrons. The lowest BCUT2D eigenvalue weighted by molar-refractivity contribution is -0.143. The molecule has 5 nitrogen and oxygen atoms in total. The van der Waals surface area contributed by atoms with Crippen LogP contribution in [0.4, 0.5) is 5.69 Å². The van der Waals surface area contributed by atoms with Gasteiger partial charge in [-0.25, -0.2) is 0 Å². The third-order valence-corrected chi connectivity index (χ3v) is 5.50. The lowest BCUT2D eigenvalue weighted by Gasteiger charge is -2.35. The molecule has 1 unspecified atom stereocenters. The molecule has 0 N–H and O–H groups in total. The highest BCUT2D eigenvalue weighted by Gasteiger charge is 2.47. The van der Waals surface area contributed by atoms with Gasteiger partial charge in [0.2, 0.25) is 0 Å². The number of esters is 1. The van der Waals surface area contributed by atoms with Crippen LogP contribution in [0.1, 0.15) is 38.7 Å². The quantitative estimate of drug-likeness (QED) is 0.581. The van der Waals surface area contributed by atoms with Crippen molar-refractivity contribution in [1.29, 1.82) is 0 Å². The van der Waals surface area contributed by atoms with Crippen LogP contribution in [0.15, 0.2) is 64.2 Å². The third kappa shape index (κ3) is 4.17. The number of ether oxygens (including phenoxy) is 1. The molecule has 6 heteroatoms. The minimum absolute atomic E-state index is 0.0171. The average molecular weight is 443 g/mol. The minimum atomic E-state index is -0.906. The van der Waals surface area contributed by atoms with Crippen molar-refractivity contribution in [2.75, 3.05) is 11.6 Å². The van der Waals surface area contributed by atoms with Crippen LogP contribution in [0.2, 0.25) is 0 Å². The fourth-order valence-electron chi connectivity index (χ4n) is 3.47. The van der Waals surface area contributed by atoms with Gasteiger partial charge in [0.05, 0.1) is 18.0 Å². The van der Waals surface area contributed by atoms with E-state index in [1.165, 1.54) is 0 Å². The number of hydrogen-bond acceptors (Lipinski definition) is 5. The van der Waals surface area contributed by atoms with Gasteiger partial charge < -0.3 is 4.74 Å². The number of benzene rings is 2. The van der Waals surface area contributed by atoms with E-state index in [0.717, 1.165) is 21.4 Å². The van der Waals surface area contributed by atoms with E-state index in [2.05, 4.69) is 15.9 Å². The van der Waals surface area contributed by atoms with Crippen LogP contribution in [0, 0.1) is 0 Å². The molecule has 0 saturated heterocycles. The molecule has 0 fully saturated rings. The zero-order valence-electron chi connectivity index (χ0n) is 16.0. The number of halogens is 1. The molecule has 0 spiro atoms. The summed E-state index contributed by atoms with van der Waals surface area (Å²) in [5.41, 5.74) is 1.71. The van der Waals surface area contributed by atoms with Gasteiger partial charge in [-0.2, -0.15) is 5.10 Å². The molecule has 0 bridgehead atoms. The smallest absolute Gasteiger partial charge is 0.305 e. The zero-order chi connectivity index (χ0) is 20.1. The summed E-state index contributed by atoms with van der Waals surface area (Å²) >= 11 is 3.45. The third-order valence-electron chi connectivity index (χ3n) is 4.97. The maximum atomic E-state index is 12.9. The van der Waals surface area contributed by atoms with E-state index in [1.807, 2.05) is 54.6 Å². The Labute approximate surface area is 173 Å². The number of carbonyl (C=O) groups excluding carboxylic acids is 2. The minimum Gasteiger partial charge on any atom is -0.466 e. The second-order valence-electron chi connectivity index (χ2n) is 6.77. The number of para-hydroxylation sites is 1. The highest BCUT2D eigenvalue weighted by atomic mass is 79.9. The predicted octanol–water partition coefficient (Wildman–Crippen LogP) is 4.73. The fourth-order valence-corrected chi connectivity index (χ4v) is 3.73. The van der Waals surface area contributed by atoms with Gasteiger partial charge in [-0.3, -0.25) is 14.6 Å². The summed E-state index contributed by atoms with van der Waals surface area (Å²) in [6.07, 6.45) is 0.956. The van der Waals surface area contributed by atoms with E-state index < -0.39 is 5.54 Å². The Morgan fingerprint density at radius 2 is 1.82 bits per heavy atom. The van der Waals surface area contributed by atoms with Gasteiger partial charge in [0.25, 0.3) is 0 Å². The van der Waals surface area contributed by atoms with Gasteiger partial charge >= 0.3 is 5.97 Å². The van der Waals surface area contributed by atoms with Crippen LogP contribution in [-0.2, 0) is 14.3 Å². The Hall–Kier alpha value is -2.47. The molecular formula is C22H23BrN2O3. The van der Waals surface area contributed by atoms with Crippen LogP contribution < -0.4 is 5.01 Å². The molecule has 0 radical (unpaired) electrons. The number of hydrogen-bond donors (Lipinski definition) is 0. The Kier molecular flexibility index (Phi) is 6.29. The van der Waals surface area contributed by atoms with E-state index in [-0.39, 0.29) is 18.2 Å². The van der Waals surface area contributed by atoms with Crippen LogP contribution in [0.3, 0.4) is 0 Å². The zero-order valence-corrected chi connectivity index (χ0v) is 17.6. The standard InChI is InChI=1S/C22H23BrN2O3/c1-3-28-21(27)13-14-22(16(2)26)15-20(17-9-11-18(23)12-10-17)24-25(22)19-7-5-4-6-8-19/h4-12H,3,13-15H2,1-2H3. The van der Waals surface area contributed by atoms with Gasteiger partial charge in [-0.1, -0.05) is 46.3 Å². The Bertz CT molecular complexity index is 880. The second kappa shape index (κ2) is 8.69. The molecule has 1 atom stereocenters. The topological polar surface area (TPSA) is 59.0 Å². The van der Waals surface area contributed by atoms with Gasteiger partial charge in [0, 0.05) is 17.3 Å². The molecule has 1 aliphatic rings. The van der Waals surface area contributed by atoms with Crippen LogP contribution in [0.5, 0.6) is 0 Å². The van der Waals surface area contributed by atoms with Crippen LogP contribution in [0.25, 0.3) is 0 Å². The maximum Gasteiger partial charge on any atom is 0.305 e. The van der Waals surface area contributed by atoms with Gasteiger partial charge in [0.1, 0.15) is 5.54 Å². The van der Waals surface area contributed by atoms with E-state index in [1.54, 1.807) is 18.9 Å². The highest BCUT2D eigenvalue weighted by Crippen LogP contribution is 2.39. The lowest BCUT2D eigenvalue weighted by Crippen LogP contribution is -2.49. The lowest BCUT2D eigenvalue weighted by atomic mass is 9.83. The van der Waals surface area contributed by atoms with Crippen LogP contribution >= 0.6 is 15.9 Å². The normalized spacial score (nSPS) is 18.7. The number of anilines is 1. The summed E-state index contributed by atoms with van der Waals surface area (Å²) in [6, 6.07) is 17.5. The Morgan fingerprint density at radius 1 is 1.14 bits per heavy atom. The molecule has 28 heavy (non-hydrogen) atoms. The van der Waals surface area contributed by atoms with E-state index in [4.69, 9.17) is 9.84 Å². The van der Waals surface area contributed by atoms with Crippen molar-refractivity contribution in [3.63, 3.8) is 0 Å². The molecule has 0 saturated carbocycles. The summed E-state index contributed by atoms with van der Waals surface area (Å²) in [5.74, 6) is -0.315. The highest BCUT2D eigenvalue weighted by molar-refractivity contribution is 9.10. The number of rotatable bonds is 7. The average Bonchev–Trinajstić information content (AvgIpc) is 3.09. The van der Waals surface area contributed by atoms with Crippen LogP contribution in [-0.4, -0.2) is 29.6 Å². The Balaban J connectivity index is 1.99. The number of ketones is 1. The monoisotopic (exact) mass is 442 g/mol. The van der Waals surface area contributed by atoms with Gasteiger partial charge in [0.15, 0.2) is 5.78 Å². The molecule has 2 aromatic carbocycles. The number of Topliss-reactive ketones (excluding diaryl/α,β-unsaturated/α-hetero) is 1. The summed E-state index contributed by atoms with van der Waals surface area (Å²) in [4.78, 5) is 24.9.